The summed E-state index contributed by atoms with van der Waals surface area (Å²) in [6, 6.07) is 18.3. The largest absolute Gasteiger partial charge is 0.387 e. The number of unbranched alkanes of at least 4 members (excludes halogenated alkanes) is 1. The fourth-order valence-electron chi connectivity index (χ4n) is 6.06. The number of nitrogens with zero attached hydrogens (tertiary/aromatic N) is 1. The lowest BCUT2D eigenvalue weighted by molar-refractivity contribution is -0.432. The summed E-state index contributed by atoms with van der Waals surface area (Å²) in [6.07, 6.45) is 4.72. The number of aliphatic hydroxyl groups excluding tert-OH is 1. The molecule has 2 aromatic carbocycles. The van der Waals surface area contributed by atoms with Gasteiger partial charge in [0.2, 0.25) is 5.91 Å². The van der Waals surface area contributed by atoms with Gasteiger partial charge >= 0.3 is 0 Å². The number of carbonyl (C=O) groups is 1. The van der Waals surface area contributed by atoms with Crippen molar-refractivity contribution in [3.05, 3.63) is 60.2 Å². The monoisotopic (exact) mass is 481 g/mol. The third kappa shape index (κ3) is 5.78. The maximum atomic E-state index is 13.4. The van der Waals surface area contributed by atoms with Crippen molar-refractivity contribution in [3.63, 3.8) is 0 Å². The molecule has 5 atom stereocenters. The molecule has 2 aromatic rings. The van der Waals surface area contributed by atoms with E-state index in [9.17, 15) is 15.0 Å². The molecule has 5 N–H and O–H groups in total. The highest BCUT2D eigenvalue weighted by Gasteiger charge is 2.45. The zero-order valence-corrected chi connectivity index (χ0v) is 20.9. The van der Waals surface area contributed by atoms with E-state index >= 15 is 0 Å². The molecule has 1 saturated carbocycles. The summed E-state index contributed by atoms with van der Waals surface area (Å²) in [7, 11) is 1.71. The number of piperidine rings is 1. The van der Waals surface area contributed by atoms with Gasteiger partial charge in [-0.15, -0.1) is 0 Å². The van der Waals surface area contributed by atoms with E-state index in [0.29, 0.717) is 39.0 Å². The smallest absolute Gasteiger partial charge is 0.226 e. The Morgan fingerprint density at radius 1 is 1.11 bits per heavy atom. The number of carbonyl (C=O) groups excluding carboxylic acids is 1. The van der Waals surface area contributed by atoms with Gasteiger partial charge in [0.25, 0.3) is 0 Å². The molecule has 0 radical (unpaired) electrons. The average molecular weight is 482 g/mol. The van der Waals surface area contributed by atoms with Crippen LogP contribution in [0.15, 0.2) is 54.6 Å². The molecule has 1 heterocycles. The van der Waals surface area contributed by atoms with E-state index in [0.717, 1.165) is 42.4 Å². The minimum absolute atomic E-state index is 0.0607. The molecule has 1 aliphatic carbocycles. The summed E-state index contributed by atoms with van der Waals surface area (Å²) in [5.41, 5.74) is 6.03. The van der Waals surface area contributed by atoms with Crippen molar-refractivity contribution in [1.29, 1.82) is 0 Å². The molecule has 4 rings (SSSR count). The number of methoxy groups -OCH3 is 1. The van der Waals surface area contributed by atoms with Gasteiger partial charge in [0.15, 0.2) is 0 Å². The zero-order valence-electron chi connectivity index (χ0n) is 20.9. The molecule has 2 fully saturated rings. The average Bonchev–Trinajstić information content (AvgIpc) is 3.24. The van der Waals surface area contributed by atoms with Gasteiger partial charge in [-0.25, -0.2) is 0 Å². The Balaban J connectivity index is 1.62. The second kappa shape index (κ2) is 11.7. The molecule has 1 aliphatic heterocycles. The second-order valence-corrected chi connectivity index (χ2v) is 10.4. The summed E-state index contributed by atoms with van der Waals surface area (Å²) in [4.78, 5) is 15.3. The minimum Gasteiger partial charge on any atom is -0.387 e. The fraction of sp³-hybridized carbons (Fsp3) is 0.552. The molecular formula is C29H41N2O4+. The first kappa shape index (κ1) is 25.8. The van der Waals surface area contributed by atoms with Crippen molar-refractivity contribution in [2.24, 2.45) is 11.8 Å². The highest BCUT2D eigenvalue weighted by molar-refractivity contribution is 5.79. The number of quaternary nitrogens is 1. The summed E-state index contributed by atoms with van der Waals surface area (Å²) >= 11 is 0. The Bertz CT molecular complexity index is 958. The van der Waals surface area contributed by atoms with Gasteiger partial charge in [-0.1, -0.05) is 54.6 Å². The van der Waals surface area contributed by atoms with Gasteiger partial charge in [-0.2, -0.15) is 0 Å². The van der Waals surface area contributed by atoms with Crippen LogP contribution in [0.1, 0.15) is 50.5 Å². The molecule has 190 valence electrons. The Labute approximate surface area is 209 Å². The molecule has 6 nitrogen and oxygen atoms in total. The van der Waals surface area contributed by atoms with Crippen LogP contribution in [-0.2, 0) is 15.1 Å². The van der Waals surface area contributed by atoms with Crippen LogP contribution in [-0.4, -0.2) is 60.0 Å². The summed E-state index contributed by atoms with van der Waals surface area (Å²) in [5.74, 6) is -0.120. The lowest BCUT2D eigenvalue weighted by Gasteiger charge is -2.44. The van der Waals surface area contributed by atoms with Crippen LogP contribution in [0, 0.1) is 11.8 Å². The summed E-state index contributed by atoms with van der Waals surface area (Å²) in [6.45, 7) is 1.92. The fourth-order valence-corrected chi connectivity index (χ4v) is 6.06. The van der Waals surface area contributed by atoms with Crippen molar-refractivity contribution in [3.8, 4) is 11.1 Å². The molecule has 0 aromatic heterocycles. The molecule has 0 spiro atoms. The highest BCUT2D eigenvalue weighted by Crippen LogP contribution is 2.44. The number of hydrogen-bond acceptors (Lipinski definition) is 4. The number of rotatable bonds is 9. The van der Waals surface area contributed by atoms with Crippen LogP contribution >= 0.6 is 0 Å². The zero-order chi connectivity index (χ0) is 24.8. The molecule has 1 amide bonds. The summed E-state index contributed by atoms with van der Waals surface area (Å²) in [5, 5.41) is 22.6. The van der Waals surface area contributed by atoms with Crippen molar-refractivity contribution in [1.82, 2.24) is 4.90 Å². The number of likely N-dealkylation sites (tertiary alicyclic amines) is 1. The number of amides is 1. The number of benzene rings is 2. The molecule has 0 unspecified atom stereocenters. The topological polar surface area (TPSA) is 97.6 Å². The SMILES string of the molecule is COCCCC[C@@](O)(c1ccccc1-c1ccccc1)[C@@H]1CCCN(C(=O)[C@H]2C[C@@H]([NH3+])[C@@H](O)C2)C1. The molecule has 2 aliphatic rings. The number of aliphatic hydroxyl groups is 2. The number of hydrogen-bond donors (Lipinski definition) is 3. The van der Waals surface area contributed by atoms with E-state index in [1.165, 1.54) is 0 Å². The first-order valence-electron chi connectivity index (χ1n) is 13.1. The normalized spacial score (nSPS) is 26.5. The maximum absolute atomic E-state index is 13.4. The van der Waals surface area contributed by atoms with E-state index in [4.69, 9.17) is 4.74 Å². The van der Waals surface area contributed by atoms with Gasteiger partial charge in [0.1, 0.15) is 12.1 Å². The Kier molecular flexibility index (Phi) is 8.60. The molecule has 0 bridgehead atoms. The second-order valence-electron chi connectivity index (χ2n) is 10.4. The predicted octanol–water partition coefficient (Wildman–Crippen LogP) is 2.98. The van der Waals surface area contributed by atoms with E-state index in [1.807, 2.05) is 35.2 Å². The first-order valence-corrected chi connectivity index (χ1v) is 13.1. The minimum atomic E-state index is -1.05. The molecule has 35 heavy (non-hydrogen) atoms. The van der Waals surface area contributed by atoms with Gasteiger partial charge in [0, 0.05) is 45.1 Å². The molecule has 1 saturated heterocycles. The van der Waals surface area contributed by atoms with Crippen molar-refractivity contribution in [2.75, 3.05) is 26.8 Å². The Morgan fingerprint density at radius 2 is 1.86 bits per heavy atom. The van der Waals surface area contributed by atoms with Gasteiger partial charge in [-0.05, 0) is 55.2 Å². The van der Waals surface area contributed by atoms with Crippen LogP contribution in [0.25, 0.3) is 11.1 Å². The van der Waals surface area contributed by atoms with Crippen molar-refractivity contribution in [2.45, 2.75) is 62.7 Å². The third-order valence-corrected chi connectivity index (χ3v) is 8.05. The van der Waals surface area contributed by atoms with E-state index in [1.54, 1.807) is 7.11 Å². The van der Waals surface area contributed by atoms with E-state index in [2.05, 4.69) is 30.0 Å². The number of ether oxygens (including phenoxy) is 1. The van der Waals surface area contributed by atoms with Crippen LogP contribution in [0.5, 0.6) is 0 Å². The van der Waals surface area contributed by atoms with E-state index in [-0.39, 0.29) is 23.8 Å². The van der Waals surface area contributed by atoms with E-state index < -0.39 is 11.7 Å². The van der Waals surface area contributed by atoms with Crippen molar-refractivity contribution >= 4 is 5.91 Å². The maximum Gasteiger partial charge on any atom is 0.226 e. The highest BCUT2D eigenvalue weighted by atomic mass is 16.5. The van der Waals surface area contributed by atoms with Crippen LogP contribution < -0.4 is 5.73 Å². The molecular weight excluding hydrogens is 440 g/mol. The van der Waals surface area contributed by atoms with Crippen LogP contribution in [0.4, 0.5) is 0 Å². The standard InChI is InChI=1S/C29H40N2O4/c1-35-17-8-7-15-29(34,25-14-6-5-13-24(25)21-10-3-2-4-11-21)23-12-9-16-31(20-23)28(33)22-18-26(30)27(32)19-22/h2-6,10-11,13-14,22-23,26-27,32,34H,7-9,12,15-20,30H2,1H3/p+1/t22-,23+,26+,27-,29-/m0/s1. The Hall–Kier alpha value is -2.25. The van der Waals surface area contributed by atoms with Gasteiger partial charge in [0.05, 0.1) is 5.60 Å². The first-order chi connectivity index (χ1) is 16.9. The third-order valence-electron chi connectivity index (χ3n) is 8.05. The van der Waals surface area contributed by atoms with Gasteiger partial charge in [-0.3, -0.25) is 4.79 Å². The van der Waals surface area contributed by atoms with Crippen molar-refractivity contribution < 1.29 is 25.5 Å². The lowest BCUT2D eigenvalue weighted by Crippen LogP contribution is -2.64. The van der Waals surface area contributed by atoms with Gasteiger partial charge < -0.3 is 25.6 Å². The lowest BCUT2D eigenvalue weighted by atomic mass is 9.72. The van der Waals surface area contributed by atoms with Crippen LogP contribution in [0.2, 0.25) is 0 Å². The summed E-state index contributed by atoms with van der Waals surface area (Å²) < 4.78 is 5.26. The Morgan fingerprint density at radius 3 is 2.57 bits per heavy atom. The van der Waals surface area contributed by atoms with Crippen LogP contribution in [0.3, 0.4) is 0 Å². The molecule has 6 heteroatoms. The predicted molar refractivity (Wildman–Crippen MR) is 136 cm³/mol. The quantitative estimate of drug-likeness (QED) is 0.480.